The van der Waals surface area contributed by atoms with E-state index in [0.717, 1.165) is 21.9 Å². The Morgan fingerprint density at radius 3 is 2.70 bits per heavy atom. The summed E-state index contributed by atoms with van der Waals surface area (Å²) in [4.78, 5) is 1.78. The molecule has 1 unspecified atom stereocenters. The molecule has 0 bridgehead atoms. The second kappa shape index (κ2) is 7.11. The van der Waals surface area contributed by atoms with Crippen LogP contribution in [0.4, 0.5) is 4.39 Å². The van der Waals surface area contributed by atoms with Crippen LogP contribution in [-0.4, -0.2) is 6.54 Å². The SMILES string of the molecule is CCNC(C)c1ccc(Sc2cccc(F)c2)c(Cl)c1. The third-order valence-corrected chi connectivity index (χ3v) is 4.48. The van der Waals surface area contributed by atoms with Crippen molar-refractivity contribution in [1.29, 1.82) is 0 Å². The van der Waals surface area contributed by atoms with Gasteiger partial charge in [-0.25, -0.2) is 4.39 Å². The Bertz CT molecular complexity index is 588. The van der Waals surface area contributed by atoms with E-state index in [1.54, 1.807) is 6.07 Å². The van der Waals surface area contributed by atoms with Gasteiger partial charge in [-0.05, 0) is 49.4 Å². The van der Waals surface area contributed by atoms with Crippen molar-refractivity contribution in [3.05, 3.63) is 58.9 Å². The fourth-order valence-electron chi connectivity index (χ4n) is 1.95. The van der Waals surface area contributed by atoms with Crippen LogP contribution in [-0.2, 0) is 0 Å². The zero-order valence-corrected chi connectivity index (χ0v) is 13.1. The maximum absolute atomic E-state index is 13.2. The molecule has 2 aromatic carbocycles. The second-order valence-electron chi connectivity index (χ2n) is 4.53. The third kappa shape index (κ3) is 3.98. The summed E-state index contributed by atoms with van der Waals surface area (Å²) in [5.74, 6) is -0.233. The predicted molar refractivity (Wildman–Crippen MR) is 84.1 cm³/mol. The summed E-state index contributed by atoms with van der Waals surface area (Å²) in [6.07, 6.45) is 0. The lowest BCUT2D eigenvalue weighted by Crippen LogP contribution is -2.17. The summed E-state index contributed by atoms with van der Waals surface area (Å²) in [6.45, 7) is 5.10. The normalized spacial score (nSPS) is 12.4. The number of benzene rings is 2. The van der Waals surface area contributed by atoms with Gasteiger partial charge in [0.25, 0.3) is 0 Å². The molecule has 0 aliphatic carbocycles. The first-order chi connectivity index (χ1) is 9.60. The highest BCUT2D eigenvalue weighted by Gasteiger charge is 2.08. The molecule has 0 amide bonds. The molecular weight excluding hydrogens is 293 g/mol. The van der Waals surface area contributed by atoms with Crippen molar-refractivity contribution in [3.8, 4) is 0 Å². The van der Waals surface area contributed by atoms with E-state index >= 15 is 0 Å². The molecule has 2 rings (SSSR count). The average Bonchev–Trinajstić information content (AvgIpc) is 2.41. The highest BCUT2D eigenvalue weighted by atomic mass is 35.5. The van der Waals surface area contributed by atoms with Crippen molar-refractivity contribution >= 4 is 23.4 Å². The summed E-state index contributed by atoms with van der Waals surface area (Å²) in [7, 11) is 0. The smallest absolute Gasteiger partial charge is 0.124 e. The van der Waals surface area contributed by atoms with Gasteiger partial charge in [0.2, 0.25) is 0 Å². The van der Waals surface area contributed by atoms with Crippen LogP contribution in [0.15, 0.2) is 52.3 Å². The molecule has 0 spiro atoms. The van der Waals surface area contributed by atoms with Crippen molar-refractivity contribution in [3.63, 3.8) is 0 Å². The quantitative estimate of drug-likeness (QED) is 0.804. The zero-order valence-electron chi connectivity index (χ0n) is 11.5. The lowest BCUT2D eigenvalue weighted by atomic mass is 10.1. The Labute approximate surface area is 128 Å². The average molecular weight is 310 g/mol. The summed E-state index contributed by atoms with van der Waals surface area (Å²) < 4.78 is 13.2. The minimum atomic E-state index is -0.233. The Kier molecular flexibility index (Phi) is 5.46. The van der Waals surface area contributed by atoms with E-state index in [1.165, 1.54) is 23.9 Å². The fraction of sp³-hybridized carbons (Fsp3) is 0.250. The summed E-state index contributed by atoms with van der Waals surface area (Å²) >= 11 is 7.79. The topological polar surface area (TPSA) is 12.0 Å². The van der Waals surface area contributed by atoms with Crippen LogP contribution in [0.1, 0.15) is 25.5 Å². The standard InChI is InChI=1S/C16H17ClFNS/c1-3-19-11(2)12-7-8-16(15(17)9-12)20-14-6-4-5-13(18)10-14/h4-11,19H,3H2,1-2H3. The van der Waals surface area contributed by atoms with Gasteiger partial charge in [0.05, 0.1) is 5.02 Å². The molecular formula is C16H17ClFNS. The molecule has 1 atom stereocenters. The minimum absolute atomic E-state index is 0.233. The van der Waals surface area contributed by atoms with Crippen LogP contribution >= 0.6 is 23.4 Å². The van der Waals surface area contributed by atoms with Crippen molar-refractivity contribution in [1.82, 2.24) is 5.32 Å². The molecule has 2 aromatic rings. The Morgan fingerprint density at radius 1 is 1.25 bits per heavy atom. The Balaban J connectivity index is 2.17. The van der Waals surface area contributed by atoms with Gasteiger partial charge in [0, 0.05) is 15.8 Å². The number of hydrogen-bond donors (Lipinski definition) is 1. The summed E-state index contributed by atoms with van der Waals surface area (Å²) in [5.41, 5.74) is 1.15. The molecule has 0 aliphatic heterocycles. The largest absolute Gasteiger partial charge is 0.310 e. The van der Waals surface area contributed by atoms with E-state index in [0.29, 0.717) is 5.02 Å². The monoisotopic (exact) mass is 309 g/mol. The van der Waals surface area contributed by atoms with Gasteiger partial charge in [0.15, 0.2) is 0 Å². The first-order valence-corrected chi connectivity index (χ1v) is 7.76. The van der Waals surface area contributed by atoms with Crippen LogP contribution < -0.4 is 5.32 Å². The van der Waals surface area contributed by atoms with Crippen molar-refractivity contribution in [2.45, 2.75) is 29.7 Å². The molecule has 0 aliphatic rings. The van der Waals surface area contributed by atoms with Crippen molar-refractivity contribution < 1.29 is 4.39 Å². The molecule has 0 radical (unpaired) electrons. The molecule has 106 valence electrons. The van der Waals surface area contributed by atoms with Gasteiger partial charge in [-0.3, -0.25) is 0 Å². The second-order valence-corrected chi connectivity index (χ2v) is 6.05. The van der Waals surface area contributed by atoms with Crippen molar-refractivity contribution in [2.24, 2.45) is 0 Å². The Hall–Kier alpha value is -1.03. The number of rotatable bonds is 5. The van der Waals surface area contributed by atoms with Gasteiger partial charge in [-0.2, -0.15) is 0 Å². The van der Waals surface area contributed by atoms with E-state index < -0.39 is 0 Å². The molecule has 0 heterocycles. The van der Waals surface area contributed by atoms with Crippen LogP contribution in [0.2, 0.25) is 5.02 Å². The Morgan fingerprint density at radius 2 is 2.05 bits per heavy atom. The maximum atomic E-state index is 13.2. The molecule has 20 heavy (non-hydrogen) atoms. The molecule has 0 saturated heterocycles. The molecule has 0 aromatic heterocycles. The van der Waals surface area contributed by atoms with Gasteiger partial charge >= 0.3 is 0 Å². The molecule has 1 N–H and O–H groups in total. The van der Waals surface area contributed by atoms with E-state index in [9.17, 15) is 4.39 Å². The van der Waals surface area contributed by atoms with Gasteiger partial charge in [-0.15, -0.1) is 0 Å². The summed E-state index contributed by atoms with van der Waals surface area (Å²) in [5, 5.41) is 4.05. The van der Waals surface area contributed by atoms with Crippen LogP contribution in [0.25, 0.3) is 0 Å². The maximum Gasteiger partial charge on any atom is 0.124 e. The van der Waals surface area contributed by atoms with E-state index in [-0.39, 0.29) is 11.9 Å². The highest BCUT2D eigenvalue weighted by molar-refractivity contribution is 7.99. The zero-order chi connectivity index (χ0) is 14.5. The molecule has 4 heteroatoms. The van der Waals surface area contributed by atoms with Gasteiger partial charge in [-0.1, -0.05) is 42.4 Å². The lowest BCUT2D eigenvalue weighted by Gasteiger charge is -2.14. The lowest BCUT2D eigenvalue weighted by molar-refractivity contribution is 0.598. The number of nitrogens with one attached hydrogen (secondary N) is 1. The van der Waals surface area contributed by atoms with Crippen LogP contribution in [0.3, 0.4) is 0 Å². The van der Waals surface area contributed by atoms with Crippen LogP contribution in [0.5, 0.6) is 0 Å². The molecule has 0 saturated carbocycles. The number of halogens is 2. The van der Waals surface area contributed by atoms with Crippen LogP contribution in [0, 0.1) is 5.82 Å². The fourth-order valence-corrected chi connectivity index (χ4v) is 3.12. The van der Waals surface area contributed by atoms with E-state index in [2.05, 4.69) is 25.2 Å². The summed E-state index contributed by atoms with van der Waals surface area (Å²) in [6, 6.07) is 12.8. The minimum Gasteiger partial charge on any atom is -0.310 e. The first-order valence-electron chi connectivity index (χ1n) is 6.56. The van der Waals surface area contributed by atoms with E-state index in [1.807, 2.05) is 18.2 Å². The molecule has 1 nitrogen and oxygen atoms in total. The first kappa shape index (κ1) is 15.4. The van der Waals surface area contributed by atoms with E-state index in [4.69, 9.17) is 11.6 Å². The highest BCUT2D eigenvalue weighted by Crippen LogP contribution is 2.34. The third-order valence-electron chi connectivity index (χ3n) is 2.99. The number of hydrogen-bond acceptors (Lipinski definition) is 2. The van der Waals surface area contributed by atoms with Crippen molar-refractivity contribution in [2.75, 3.05) is 6.54 Å². The van der Waals surface area contributed by atoms with Gasteiger partial charge in [0.1, 0.15) is 5.82 Å². The molecule has 0 fully saturated rings. The van der Waals surface area contributed by atoms with Gasteiger partial charge < -0.3 is 5.32 Å². The predicted octanol–water partition coefficient (Wildman–Crippen LogP) is 5.30.